The van der Waals surface area contributed by atoms with Gasteiger partial charge in [0.05, 0.1) is 6.10 Å². The number of halogens is 2. The van der Waals surface area contributed by atoms with Crippen molar-refractivity contribution in [3.05, 3.63) is 0 Å². The van der Waals surface area contributed by atoms with E-state index in [-0.39, 0.29) is 29.6 Å². The molecular weight excluding hydrogens is 146 g/mol. The van der Waals surface area contributed by atoms with E-state index in [0.717, 1.165) is 0 Å². The summed E-state index contributed by atoms with van der Waals surface area (Å²) < 4.78 is 0. The molecular formula is C3H7Cl2NaO. The Morgan fingerprint density at radius 1 is 1.43 bits per heavy atom. The molecule has 0 aromatic carbocycles. The summed E-state index contributed by atoms with van der Waals surface area (Å²) in [6.07, 6.45) is -0.617. The monoisotopic (exact) mass is 152 g/mol. The SMILES string of the molecule is CC(O)C(Cl)Cl.[NaH]. The Morgan fingerprint density at radius 3 is 1.57 bits per heavy atom. The van der Waals surface area contributed by atoms with E-state index in [0.29, 0.717) is 0 Å². The van der Waals surface area contributed by atoms with Crippen LogP contribution in [-0.4, -0.2) is 45.6 Å². The molecule has 1 nitrogen and oxygen atoms in total. The molecule has 0 saturated carbocycles. The van der Waals surface area contributed by atoms with E-state index in [1.54, 1.807) is 0 Å². The first-order valence-corrected chi connectivity index (χ1v) is 2.48. The molecule has 7 heavy (non-hydrogen) atoms. The summed E-state index contributed by atoms with van der Waals surface area (Å²) in [7, 11) is 0. The van der Waals surface area contributed by atoms with Crippen LogP contribution in [0.3, 0.4) is 0 Å². The number of hydrogen-bond donors (Lipinski definition) is 1. The molecule has 0 aromatic rings. The standard InChI is InChI=1S/C3H6Cl2O.Na.H/c1-2(6)3(4)5;;/h2-3,6H,1H3;;. The van der Waals surface area contributed by atoms with Gasteiger partial charge in [-0.15, -0.1) is 23.2 Å². The molecule has 0 heterocycles. The zero-order chi connectivity index (χ0) is 5.15. The number of alkyl halides is 2. The zero-order valence-corrected chi connectivity index (χ0v) is 4.87. The van der Waals surface area contributed by atoms with Gasteiger partial charge in [0, 0.05) is 0 Å². The second-order valence-electron chi connectivity index (χ2n) is 1.08. The van der Waals surface area contributed by atoms with Crippen molar-refractivity contribution in [1.29, 1.82) is 0 Å². The molecule has 0 radical (unpaired) electrons. The van der Waals surface area contributed by atoms with Crippen LogP contribution in [0, 0.1) is 0 Å². The van der Waals surface area contributed by atoms with Crippen molar-refractivity contribution in [1.82, 2.24) is 0 Å². The first-order chi connectivity index (χ1) is 2.64. The maximum atomic E-state index is 8.37. The van der Waals surface area contributed by atoms with Gasteiger partial charge in [-0.05, 0) is 6.92 Å². The first-order valence-electron chi connectivity index (χ1n) is 1.61. The van der Waals surface area contributed by atoms with E-state index in [9.17, 15) is 0 Å². The molecule has 0 saturated heterocycles. The fraction of sp³-hybridized carbons (Fsp3) is 1.00. The van der Waals surface area contributed by atoms with Gasteiger partial charge in [-0.1, -0.05) is 0 Å². The summed E-state index contributed by atoms with van der Waals surface area (Å²) in [5.41, 5.74) is 0. The van der Waals surface area contributed by atoms with Crippen LogP contribution >= 0.6 is 23.2 Å². The van der Waals surface area contributed by atoms with Gasteiger partial charge >= 0.3 is 29.6 Å². The van der Waals surface area contributed by atoms with Crippen LogP contribution in [0.15, 0.2) is 0 Å². The molecule has 4 heteroatoms. The summed E-state index contributed by atoms with van der Waals surface area (Å²) in [5.74, 6) is 0. The first kappa shape index (κ1) is 11.4. The molecule has 0 aromatic heterocycles. The van der Waals surface area contributed by atoms with Crippen LogP contribution in [0.4, 0.5) is 0 Å². The molecule has 0 spiro atoms. The Morgan fingerprint density at radius 2 is 1.57 bits per heavy atom. The van der Waals surface area contributed by atoms with E-state index < -0.39 is 10.9 Å². The van der Waals surface area contributed by atoms with Gasteiger partial charge in [-0.2, -0.15) is 0 Å². The summed E-state index contributed by atoms with van der Waals surface area (Å²) in [6.45, 7) is 1.53. The Labute approximate surface area is 75.3 Å². The van der Waals surface area contributed by atoms with E-state index in [4.69, 9.17) is 28.3 Å². The molecule has 0 rings (SSSR count). The Hall–Kier alpha value is 1.54. The van der Waals surface area contributed by atoms with Crippen molar-refractivity contribution in [2.75, 3.05) is 0 Å². The third-order valence-corrected chi connectivity index (χ3v) is 1.09. The molecule has 0 bridgehead atoms. The summed E-state index contributed by atoms with van der Waals surface area (Å²) in [4.78, 5) is -0.648. The van der Waals surface area contributed by atoms with Crippen LogP contribution in [0.1, 0.15) is 6.92 Å². The van der Waals surface area contributed by atoms with Crippen LogP contribution in [-0.2, 0) is 0 Å². The van der Waals surface area contributed by atoms with Gasteiger partial charge in [0.1, 0.15) is 4.84 Å². The molecule has 0 amide bonds. The summed E-state index contributed by atoms with van der Waals surface area (Å²) in [6, 6.07) is 0. The predicted molar refractivity (Wildman–Crippen MR) is 34.3 cm³/mol. The van der Waals surface area contributed by atoms with Crippen molar-refractivity contribution >= 4 is 52.8 Å². The van der Waals surface area contributed by atoms with E-state index >= 15 is 0 Å². The van der Waals surface area contributed by atoms with Crippen LogP contribution in [0.25, 0.3) is 0 Å². The van der Waals surface area contributed by atoms with Gasteiger partial charge in [-0.3, -0.25) is 0 Å². The van der Waals surface area contributed by atoms with Crippen molar-refractivity contribution in [3.8, 4) is 0 Å². The Kier molecular flexibility index (Phi) is 9.20. The average molecular weight is 153 g/mol. The third kappa shape index (κ3) is 7.54. The molecule has 0 fully saturated rings. The van der Waals surface area contributed by atoms with Gasteiger partial charge in [0.2, 0.25) is 0 Å². The fourth-order valence-electron chi connectivity index (χ4n) is 0. The van der Waals surface area contributed by atoms with Gasteiger partial charge in [0.15, 0.2) is 0 Å². The molecule has 0 aliphatic heterocycles. The zero-order valence-electron chi connectivity index (χ0n) is 3.36. The van der Waals surface area contributed by atoms with Crippen LogP contribution < -0.4 is 0 Å². The number of hydrogen-bond acceptors (Lipinski definition) is 1. The molecule has 1 atom stereocenters. The average Bonchev–Trinajstić information content (AvgIpc) is 1.36. The molecule has 0 aliphatic rings. The Bertz CT molecular complexity index is 33.9. The predicted octanol–water partition coefficient (Wildman–Crippen LogP) is 0.522. The molecule has 0 aliphatic carbocycles. The summed E-state index contributed by atoms with van der Waals surface area (Å²) >= 11 is 10.3. The number of aliphatic hydroxyl groups is 1. The number of rotatable bonds is 1. The Balaban J connectivity index is 0. The minimum atomic E-state index is -0.648. The van der Waals surface area contributed by atoms with E-state index in [1.807, 2.05) is 0 Å². The van der Waals surface area contributed by atoms with Gasteiger partial charge in [0.25, 0.3) is 0 Å². The van der Waals surface area contributed by atoms with Crippen molar-refractivity contribution < 1.29 is 5.11 Å². The van der Waals surface area contributed by atoms with E-state index in [1.165, 1.54) is 6.92 Å². The summed E-state index contributed by atoms with van der Waals surface area (Å²) in [5, 5.41) is 8.37. The normalized spacial score (nSPS) is 13.3. The molecule has 40 valence electrons. The topological polar surface area (TPSA) is 20.2 Å². The number of aliphatic hydroxyl groups excluding tert-OH is 1. The van der Waals surface area contributed by atoms with Gasteiger partial charge in [-0.25, -0.2) is 0 Å². The van der Waals surface area contributed by atoms with E-state index in [2.05, 4.69) is 0 Å². The van der Waals surface area contributed by atoms with Crippen LogP contribution in [0.5, 0.6) is 0 Å². The van der Waals surface area contributed by atoms with Crippen LogP contribution in [0.2, 0.25) is 0 Å². The molecule has 1 N–H and O–H groups in total. The van der Waals surface area contributed by atoms with Gasteiger partial charge < -0.3 is 5.11 Å². The second kappa shape index (κ2) is 5.67. The molecule has 1 unspecified atom stereocenters. The third-order valence-electron chi connectivity index (χ3n) is 0.365. The van der Waals surface area contributed by atoms with Crippen molar-refractivity contribution in [3.63, 3.8) is 0 Å². The minimum absolute atomic E-state index is 0. The second-order valence-corrected chi connectivity index (χ2v) is 2.24. The quantitative estimate of drug-likeness (QED) is 0.430. The fourth-order valence-corrected chi connectivity index (χ4v) is 0. The van der Waals surface area contributed by atoms with Crippen molar-refractivity contribution in [2.24, 2.45) is 0 Å². The maximum absolute atomic E-state index is 8.37. The van der Waals surface area contributed by atoms with Crippen molar-refractivity contribution in [2.45, 2.75) is 17.9 Å².